The van der Waals surface area contributed by atoms with E-state index >= 15 is 0 Å². The minimum absolute atomic E-state index is 0.261. The molecular weight excluding hydrogens is 298 g/mol. The molecule has 0 spiro atoms. The Bertz CT molecular complexity index is 436. The third-order valence-corrected chi connectivity index (χ3v) is 7.57. The van der Waals surface area contributed by atoms with Crippen LogP contribution in [0.5, 0.6) is 0 Å². The van der Waals surface area contributed by atoms with Crippen LogP contribution in [0.25, 0.3) is 0 Å². The van der Waals surface area contributed by atoms with Crippen molar-refractivity contribution in [2.75, 3.05) is 19.7 Å². The highest BCUT2D eigenvalue weighted by Crippen LogP contribution is 2.42. The monoisotopic (exact) mass is 333 g/mol. The molecule has 4 aliphatic rings. The van der Waals surface area contributed by atoms with Gasteiger partial charge < -0.3 is 9.64 Å². The van der Waals surface area contributed by atoms with E-state index in [1.165, 1.54) is 77.0 Å². The maximum absolute atomic E-state index is 12.7. The normalized spacial score (nSPS) is 39.8. The molecular formula is C21H35NO2. The first-order valence-electron chi connectivity index (χ1n) is 10.7. The lowest BCUT2D eigenvalue weighted by Gasteiger charge is -2.42. The number of rotatable bonds is 3. The molecule has 24 heavy (non-hydrogen) atoms. The molecule has 3 saturated carbocycles. The largest absolute Gasteiger partial charge is 0.368 e. The van der Waals surface area contributed by atoms with Gasteiger partial charge in [-0.2, -0.15) is 0 Å². The van der Waals surface area contributed by atoms with Crippen LogP contribution in [-0.2, 0) is 9.53 Å². The fraction of sp³-hybridized carbons (Fsp3) is 0.952. The average molecular weight is 334 g/mol. The molecule has 0 aromatic carbocycles. The van der Waals surface area contributed by atoms with Crippen LogP contribution in [0.15, 0.2) is 0 Å². The van der Waals surface area contributed by atoms with E-state index in [9.17, 15) is 4.79 Å². The van der Waals surface area contributed by atoms with Gasteiger partial charge in [0.1, 0.15) is 6.61 Å². The second-order valence-electron chi connectivity index (χ2n) is 8.92. The third kappa shape index (κ3) is 3.66. The quantitative estimate of drug-likeness (QED) is 0.766. The van der Waals surface area contributed by atoms with E-state index in [-0.39, 0.29) is 5.91 Å². The summed E-state index contributed by atoms with van der Waals surface area (Å²) >= 11 is 0. The zero-order valence-electron chi connectivity index (χ0n) is 15.3. The molecule has 0 N–H and O–H groups in total. The smallest absolute Gasteiger partial charge is 0.248 e. The van der Waals surface area contributed by atoms with Crippen LogP contribution in [0.4, 0.5) is 0 Å². The Morgan fingerprint density at radius 3 is 2.38 bits per heavy atom. The summed E-state index contributed by atoms with van der Waals surface area (Å²) in [6.45, 7) is 2.31. The molecule has 0 radical (unpaired) electrons. The Kier molecular flexibility index (Phi) is 5.46. The third-order valence-electron chi connectivity index (χ3n) is 7.57. The Balaban J connectivity index is 1.27. The van der Waals surface area contributed by atoms with Gasteiger partial charge in [-0.3, -0.25) is 4.79 Å². The number of hydrogen-bond donors (Lipinski definition) is 0. The highest BCUT2D eigenvalue weighted by molar-refractivity contribution is 5.77. The molecule has 3 nitrogen and oxygen atoms in total. The highest BCUT2D eigenvalue weighted by Gasteiger charge is 2.37. The molecule has 4 fully saturated rings. The topological polar surface area (TPSA) is 29.5 Å². The van der Waals surface area contributed by atoms with Gasteiger partial charge in [-0.1, -0.05) is 44.9 Å². The van der Waals surface area contributed by atoms with Crippen LogP contribution in [-0.4, -0.2) is 36.6 Å². The molecule has 1 amide bonds. The Labute approximate surface area is 147 Å². The summed E-state index contributed by atoms with van der Waals surface area (Å²) in [6.07, 6.45) is 16.5. The average Bonchev–Trinajstić information content (AvgIpc) is 2.65. The molecule has 3 heteroatoms. The van der Waals surface area contributed by atoms with Crippen molar-refractivity contribution in [2.24, 2.45) is 23.7 Å². The van der Waals surface area contributed by atoms with Gasteiger partial charge in [-0.05, 0) is 55.8 Å². The number of carbonyl (C=O) groups is 1. The minimum atomic E-state index is 0.261. The molecule has 1 aliphatic heterocycles. The lowest BCUT2D eigenvalue weighted by Crippen LogP contribution is -2.47. The predicted octanol–water partition coefficient (Wildman–Crippen LogP) is 4.40. The zero-order chi connectivity index (χ0) is 16.4. The molecule has 3 aliphatic carbocycles. The number of hydrogen-bond acceptors (Lipinski definition) is 2. The predicted molar refractivity (Wildman–Crippen MR) is 95.7 cm³/mol. The van der Waals surface area contributed by atoms with Crippen LogP contribution in [0.3, 0.4) is 0 Å². The van der Waals surface area contributed by atoms with E-state index in [1.54, 1.807) is 0 Å². The highest BCUT2D eigenvalue weighted by atomic mass is 16.5. The Hall–Kier alpha value is -0.570. The van der Waals surface area contributed by atoms with Crippen molar-refractivity contribution in [2.45, 2.75) is 83.2 Å². The fourth-order valence-corrected chi connectivity index (χ4v) is 6.18. The van der Waals surface area contributed by atoms with Gasteiger partial charge >= 0.3 is 0 Å². The number of likely N-dealkylation sites (tertiary alicyclic amines) is 1. The molecule has 1 heterocycles. The summed E-state index contributed by atoms with van der Waals surface area (Å²) in [5.74, 6) is 3.55. The number of nitrogens with zero attached hydrogens (tertiary/aromatic N) is 1. The SMILES string of the molecule is O=C(COC1CCCC2CCCCC21)N1CCC2CCCCC2C1. The van der Waals surface area contributed by atoms with Crippen LogP contribution >= 0.6 is 0 Å². The van der Waals surface area contributed by atoms with Gasteiger partial charge in [0, 0.05) is 13.1 Å². The summed E-state index contributed by atoms with van der Waals surface area (Å²) in [5, 5.41) is 0. The van der Waals surface area contributed by atoms with Gasteiger partial charge in [0.2, 0.25) is 5.91 Å². The van der Waals surface area contributed by atoms with Crippen molar-refractivity contribution >= 4 is 5.91 Å². The number of carbonyl (C=O) groups excluding carboxylic acids is 1. The van der Waals surface area contributed by atoms with E-state index in [2.05, 4.69) is 4.90 Å². The number of fused-ring (bicyclic) bond motifs is 2. The van der Waals surface area contributed by atoms with Crippen LogP contribution < -0.4 is 0 Å². The molecule has 0 aromatic rings. The van der Waals surface area contributed by atoms with E-state index in [1.807, 2.05) is 0 Å². The molecule has 1 saturated heterocycles. The maximum Gasteiger partial charge on any atom is 0.248 e. The van der Waals surface area contributed by atoms with Crippen LogP contribution in [0, 0.1) is 23.7 Å². The summed E-state index contributed by atoms with van der Waals surface area (Å²) in [7, 11) is 0. The first-order chi connectivity index (χ1) is 11.8. The second kappa shape index (κ2) is 7.76. The molecule has 0 aromatic heterocycles. The Morgan fingerprint density at radius 2 is 1.50 bits per heavy atom. The fourth-order valence-electron chi connectivity index (χ4n) is 6.18. The van der Waals surface area contributed by atoms with Gasteiger partial charge in [0.15, 0.2) is 0 Å². The molecule has 5 atom stereocenters. The number of ether oxygens (including phenoxy) is 1. The van der Waals surface area contributed by atoms with E-state index in [4.69, 9.17) is 4.74 Å². The standard InChI is InChI=1S/C21H35NO2/c23-21(22-13-12-16-6-1-2-8-18(16)14-22)15-24-20-11-5-9-17-7-3-4-10-19(17)20/h16-20H,1-15H2. The van der Waals surface area contributed by atoms with Crippen molar-refractivity contribution in [3.63, 3.8) is 0 Å². The van der Waals surface area contributed by atoms with Crippen LogP contribution in [0.1, 0.15) is 77.0 Å². The summed E-state index contributed by atoms with van der Waals surface area (Å²) in [4.78, 5) is 14.8. The zero-order valence-corrected chi connectivity index (χ0v) is 15.3. The van der Waals surface area contributed by atoms with Gasteiger partial charge in [-0.25, -0.2) is 0 Å². The number of amides is 1. The second-order valence-corrected chi connectivity index (χ2v) is 8.92. The van der Waals surface area contributed by atoms with E-state index < -0.39 is 0 Å². The molecule has 4 rings (SSSR count). The van der Waals surface area contributed by atoms with Crippen molar-refractivity contribution in [1.82, 2.24) is 4.90 Å². The minimum Gasteiger partial charge on any atom is -0.368 e. The van der Waals surface area contributed by atoms with Crippen molar-refractivity contribution in [3.05, 3.63) is 0 Å². The number of piperidine rings is 1. The lowest BCUT2D eigenvalue weighted by molar-refractivity contribution is -0.144. The maximum atomic E-state index is 12.7. The first kappa shape index (κ1) is 16.9. The van der Waals surface area contributed by atoms with E-state index in [0.29, 0.717) is 12.7 Å². The van der Waals surface area contributed by atoms with Crippen LogP contribution in [0.2, 0.25) is 0 Å². The summed E-state index contributed by atoms with van der Waals surface area (Å²) < 4.78 is 6.21. The van der Waals surface area contributed by atoms with Crippen molar-refractivity contribution < 1.29 is 9.53 Å². The summed E-state index contributed by atoms with van der Waals surface area (Å²) in [6, 6.07) is 0. The molecule has 136 valence electrons. The van der Waals surface area contributed by atoms with E-state index in [0.717, 1.165) is 36.8 Å². The van der Waals surface area contributed by atoms with Crippen molar-refractivity contribution in [1.29, 1.82) is 0 Å². The van der Waals surface area contributed by atoms with Crippen molar-refractivity contribution in [3.8, 4) is 0 Å². The van der Waals surface area contributed by atoms with Gasteiger partial charge in [-0.15, -0.1) is 0 Å². The van der Waals surface area contributed by atoms with Gasteiger partial charge in [0.05, 0.1) is 6.10 Å². The summed E-state index contributed by atoms with van der Waals surface area (Å²) in [5.41, 5.74) is 0. The molecule has 5 unspecified atom stereocenters. The van der Waals surface area contributed by atoms with Gasteiger partial charge in [0.25, 0.3) is 0 Å². The molecule has 0 bridgehead atoms. The first-order valence-corrected chi connectivity index (χ1v) is 10.7. The lowest BCUT2D eigenvalue weighted by atomic mass is 9.69. The Morgan fingerprint density at radius 1 is 0.792 bits per heavy atom.